The first-order valence-corrected chi connectivity index (χ1v) is 7.78. The first kappa shape index (κ1) is 18.9. The maximum absolute atomic E-state index is 12.0. The molecule has 1 saturated heterocycles. The molecule has 9 nitrogen and oxygen atoms in total. The lowest BCUT2D eigenvalue weighted by molar-refractivity contribution is -0.137. The van der Waals surface area contributed by atoms with Crippen LogP contribution < -0.4 is 22.5 Å². The zero-order chi connectivity index (χ0) is 17.2. The summed E-state index contributed by atoms with van der Waals surface area (Å²) in [5.41, 5.74) is 16.2. The van der Waals surface area contributed by atoms with Crippen molar-refractivity contribution in [3.8, 4) is 0 Å². The summed E-state index contributed by atoms with van der Waals surface area (Å²) in [5, 5.41) is 2.61. The van der Waals surface area contributed by atoms with Crippen molar-refractivity contribution in [1.82, 2.24) is 10.2 Å². The highest BCUT2D eigenvalue weighted by Gasteiger charge is 2.25. The van der Waals surface area contributed by atoms with Crippen LogP contribution in [0, 0.1) is 0 Å². The maximum Gasteiger partial charge on any atom is 0.240 e. The number of carbonyl (C=O) groups excluding carboxylic acids is 3. The number of nitrogens with zero attached hydrogens (tertiary/aromatic N) is 2. The molecule has 0 aromatic heterocycles. The fourth-order valence-corrected chi connectivity index (χ4v) is 2.41. The first-order chi connectivity index (χ1) is 10.9. The Morgan fingerprint density at radius 2 is 2.17 bits per heavy atom. The lowest BCUT2D eigenvalue weighted by Gasteiger charge is -2.23. The highest BCUT2D eigenvalue weighted by Crippen LogP contribution is 2.10. The second-order valence-corrected chi connectivity index (χ2v) is 5.62. The summed E-state index contributed by atoms with van der Waals surface area (Å²) in [4.78, 5) is 40.3. The second kappa shape index (κ2) is 9.78. The van der Waals surface area contributed by atoms with Gasteiger partial charge in [0, 0.05) is 13.1 Å². The molecule has 1 aliphatic heterocycles. The van der Waals surface area contributed by atoms with E-state index in [0.717, 1.165) is 12.8 Å². The van der Waals surface area contributed by atoms with Gasteiger partial charge in [0.25, 0.3) is 0 Å². The molecule has 9 heteroatoms. The molecule has 0 saturated carbocycles. The van der Waals surface area contributed by atoms with E-state index in [1.54, 1.807) is 0 Å². The van der Waals surface area contributed by atoms with Crippen molar-refractivity contribution in [3.05, 3.63) is 0 Å². The third kappa shape index (κ3) is 7.09. The number of aliphatic imine (C=N–C) groups is 1. The summed E-state index contributed by atoms with van der Waals surface area (Å²) in [5.74, 6) is -0.591. The number of hydrogen-bond acceptors (Lipinski definition) is 5. The minimum absolute atomic E-state index is 0.00676. The molecule has 2 atom stereocenters. The third-order valence-corrected chi connectivity index (χ3v) is 3.63. The van der Waals surface area contributed by atoms with E-state index in [0.29, 0.717) is 38.6 Å². The van der Waals surface area contributed by atoms with E-state index in [1.807, 2.05) is 0 Å². The van der Waals surface area contributed by atoms with Gasteiger partial charge in [-0.2, -0.15) is 0 Å². The Balaban J connectivity index is 2.41. The van der Waals surface area contributed by atoms with Gasteiger partial charge in [0.15, 0.2) is 5.96 Å². The van der Waals surface area contributed by atoms with Crippen LogP contribution in [0.2, 0.25) is 0 Å². The molecule has 7 N–H and O–H groups in total. The van der Waals surface area contributed by atoms with Crippen molar-refractivity contribution in [2.75, 3.05) is 19.6 Å². The molecule has 0 aliphatic carbocycles. The monoisotopic (exact) mass is 326 g/mol. The lowest BCUT2D eigenvalue weighted by atomic mass is 10.1. The lowest BCUT2D eigenvalue weighted by Crippen LogP contribution is -2.48. The Hall–Kier alpha value is -2.16. The van der Waals surface area contributed by atoms with Crippen LogP contribution in [0.4, 0.5) is 0 Å². The van der Waals surface area contributed by atoms with Crippen molar-refractivity contribution in [2.24, 2.45) is 22.2 Å². The average molecular weight is 326 g/mol. The Labute approximate surface area is 135 Å². The number of hydrogen-bond donors (Lipinski definition) is 4. The zero-order valence-corrected chi connectivity index (χ0v) is 13.2. The van der Waals surface area contributed by atoms with E-state index < -0.39 is 12.1 Å². The zero-order valence-electron chi connectivity index (χ0n) is 13.2. The number of amides is 2. The van der Waals surface area contributed by atoms with Crippen LogP contribution in [0.1, 0.15) is 32.1 Å². The van der Waals surface area contributed by atoms with Crippen molar-refractivity contribution in [2.45, 2.75) is 44.2 Å². The van der Waals surface area contributed by atoms with Crippen LogP contribution in [-0.4, -0.2) is 60.7 Å². The van der Waals surface area contributed by atoms with Crippen LogP contribution in [-0.2, 0) is 14.4 Å². The number of guanidine groups is 1. The van der Waals surface area contributed by atoms with Crippen molar-refractivity contribution in [1.29, 1.82) is 0 Å². The van der Waals surface area contributed by atoms with Crippen molar-refractivity contribution in [3.63, 3.8) is 0 Å². The third-order valence-electron chi connectivity index (χ3n) is 3.63. The summed E-state index contributed by atoms with van der Waals surface area (Å²) >= 11 is 0. The molecular weight excluding hydrogens is 300 g/mol. The molecule has 1 aliphatic rings. The molecule has 0 aromatic carbocycles. The van der Waals surface area contributed by atoms with Gasteiger partial charge in [-0.05, 0) is 32.1 Å². The number of nitrogens with two attached hydrogens (primary N) is 3. The Bertz CT molecular complexity index is 450. The predicted molar refractivity (Wildman–Crippen MR) is 86.3 cm³/mol. The van der Waals surface area contributed by atoms with Gasteiger partial charge in [0.1, 0.15) is 6.29 Å². The van der Waals surface area contributed by atoms with Gasteiger partial charge >= 0.3 is 0 Å². The van der Waals surface area contributed by atoms with Crippen LogP contribution in [0.15, 0.2) is 4.99 Å². The smallest absolute Gasteiger partial charge is 0.240 e. The van der Waals surface area contributed by atoms with E-state index >= 15 is 0 Å². The van der Waals surface area contributed by atoms with E-state index in [9.17, 15) is 14.4 Å². The Morgan fingerprint density at radius 1 is 1.43 bits per heavy atom. The molecule has 1 rings (SSSR count). The molecule has 2 amide bonds. The Kier molecular flexibility index (Phi) is 8.03. The topological polar surface area (TPSA) is 157 Å². The molecule has 23 heavy (non-hydrogen) atoms. The number of nitrogens with one attached hydrogen (secondary N) is 1. The molecule has 1 fully saturated rings. The van der Waals surface area contributed by atoms with Gasteiger partial charge in [-0.3, -0.25) is 14.6 Å². The van der Waals surface area contributed by atoms with Gasteiger partial charge in [-0.15, -0.1) is 0 Å². The minimum Gasteiger partial charge on any atom is -0.370 e. The normalized spacial score (nSPS) is 19.6. The van der Waals surface area contributed by atoms with Gasteiger partial charge in [0.2, 0.25) is 11.8 Å². The van der Waals surface area contributed by atoms with Gasteiger partial charge in [-0.1, -0.05) is 0 Å². The number of likely N-dealkylation sites (tertiary alicyclic amines) is 1. The summed E-state index contributed by atoms with van der Waals surface area (Å²) < 4.78 is 0. The number of rotatable bonds is 8. The fraction of sp³-hybridized carbons (Fsp3) is 0.714. The van der Waals surface area contributed by atoms with E-state index in [2.05, 4.69) is 10.3 Å². The maximum atomic E-state index is 12.0. The largest absolute Gasteiger partial charge is 0.370 e. The molecular formula is C14H26N6O3. The number of aldehydes is 1. The second-order valence-electron chi connectivity index (χ2n) is 5.62. The fourth-order valence-electron chi connectivity index (χ4n) is 2.41. The minimum atomic E-state index is -0.618. The van der Waals surface area contributed by atoms with Crippen LogP contribution in [0.5, 0.6) is 0 Å². The first-order valence-electron chi connectivity index (χ1n) is 7.78. The molecule has 0 bridgehead atoms. The van der Waals surface area contributed by atoms with Gasteiger partial charge in [-0.25, -0.2) is 0 Å². The van der Waals surface area contributed by atoms with E-state index in [4.69, 9.17) is 17.2 Å². The van der Waals surface area contributed by atoms with Crippen LogP contribution in [0.25, 0.3) is 0 Å². The summed E-state index contributed by atoms with van der Waals surface area (Å²) in [6.07, 6.45) is 3.99. The quantitative estimate of drug-likeness (QED) is 0.176. The van der Waals surface area contributed by atoms with Crippen LogP contribution in [0.3, 0.4) is 0 Å². The summed E-state index contributed by atoms with van der Waals surface area (Å²) in [7, 11) is 0. The van der Waals surface area contributed by atoms with E-state index in [-0.39, 0.29) is 24.3 Å². The van der Waals surface area contributed by atoms with Crippen molar-refractivity contribution >= 4 is 24.1 Å². The van der Waals surface area contributed by atoms with E-state index in [1.165, 1.54) is 4.90 Å². The molecule has 0 unspecified atom stereocenters. The van der Waals surface area contributed by atoms with Gasteiger partial charge < -0.3 is 32.2 Å². The van der Waals surface area contributed by atoms with Crippen molar-refractivity contribution < 1.29 is 14.4 Å². The molecule has 0 radical (unpaired) electrons. The highest BCUT2D eigenvalue weighted by molar-refractivity contribution is 5.88. The molecule has 0 aromatic rings. The highest BCUT2D eigenvalue weighted by atomic mass is 16.2. The SMILES string of the molecule is NC(N)=NCCC[C@@H](C=O)NC(=O)CN1CCCC[C@H](N)C1=O. The molecule has 1 heterocycles. The Morgan fingerprint density at radius 3 is 2.83 bits per heavy atom. The predicted octanol–water partition coefficient (Wildman–Crippen LogP) is -1.94. The standard InChI is InChI=1S/C14H26N6O3/c15-11-5-1-2-7-20(13(11)23)8-12(22)19-10(9-21)4-3-6-18-14(16)17/h9-11H,1-8,15H2,(H,19,22)(H4,16,17,18)/t10-,11-/m0/s1. The van der Waals surface area contributed by atoms with Crippen LogP contribution >= 0.6 is 0 Å². The summed E-state index contributed by atoms with van der Waals surface area (Å²) in [6.45, 7) is 0.822. The average Bonchev–Trinajstić information content (AvgIpc) is 2.65. The number of carbonyl (C=O) groups is 3. The molecule has 0 spiro atoms. The summed E-state index contributed by atoms with van der Waals surface area (Å²) in [6, 6.07) is -1.17. The van der Waals surface area contributed by atoms with Gasteiger partial charge in [0.05, 0.1) is 18.6 Å². The molecule has 130 valence electrons.